The minimum atomic E-state index is -0.242. The van der Waals surface area contributed by atoms with E-state index in [2.05, 4.69) is 17.2 Å². The molecule has 1 N–H and O–H groups in total. The molecule has 4 heteroatoms. The Bertz CT molecular complexity index is 676. The summed E-state index contributed by atoms with van der Waals surface area (Å²) in [5.74, 6) is 0.825. The van der Waals surface area contributed by atoms with Crippen LogP contribution in [0.2, 0.25) is 0 Å². The molecule has 110 valence electrons. The molecule has 0 unspecified atom stereocenters. The molecule has 0 radical (unpaired) electrons. The number of hydrogen-bond donors (Lipinski definition) is 1. The highest BCUT2D eigenvalue weighted by atomic mass is 16.5. The van der Waals surface area contributed by atoms with Gasteiger partial charge in [-0.3, -0.25) is 9.78 Å². The number of aromatic nitrogens is 1. The van der Waals surface area contributed by atoms with Crippen molar-refractivity contribution in [2.45, 2.75) is 32.6 Å². The van der Waals surface area contributed by atoms with Gasteiger partial charge in [-0.05, 0) is 37.1 Å². The second kappa shape index (κ2) is 5.35. The van der Waals surface area contributed by atoms with Crippen LogP contribution in [0, 0.1) is 5.41 Å². The minimum absolute atomic E-state index is 0.107. The van der Waals surface area contributed by atoms with E-state index in [-0.39, 0.29) is 11.3 Å². The van der Waals surface area contributed by atoms with Gasteiger partial charge in [-0.15, -0.1) is 0 Å². The summed E-state index contributed by atoms with van der Waals surface area (Å²) in [6, 6.07) is 7.56. The molecule has 21 heavy (non-hydrogen) atoms. The van der Waals surface area contributed by atoms with E-state index in [1.165, 1.54) is 0 Å². The van der Waals surface area contributed by atoms with Crippen LogP contribution in [-0.4, -0.2) is 18.0 Å². The molecule has 1 fully saturated rings. The maximum atomic E-state index is 12.6. The number of nitrogens with one attached hydrogen (secondary N) is 1. The Kier molecular flexibility index (Phi) is 3.53. The zero-order valence-electron chi connectivity index (χ0n) is 12.5. The van der Waals surface area contributed by atoms with E-state index in [4.69, 9.17) is 4.74 Å². The van der Waals surface area contributed by atoms with Crippen molar-refractivity contribution in [3.8, 4) is 5.75 Å². The lowest BCUT2D eigenvalue weighted by Crippen LogP contribution is -2.30. The van der Waals surface area contributed by atoms with Crippen molar-refractivity contribution in [2.24, 2.45) is 5.41 Å². The van der Waals surface area contributed by atoms with E-state index in [0.717, 1.165) is 48.0 Å². The maximum absolute atomic E-state index is 12.6. The molecule has 1 aliphatic rings. The summed E-state index contributed by atoms with van der Waals surface area (Å²) in [6.45, 7) is 2.05. The molecule has 1 aromatic heterocycles. The fourth-order valence-corrected chi connectivity index (χ4v) is 3.08. The Morgan fingerprint density at radius 2 is 2.05 bits per heavy atom. The van der Waals surface area contributed by atoms with Crippen LogP contribution in [0.3, 0.4) is 0 Å². The molecule has 0 spiro atoms. The van der Waals surface area contributed by atoms with Crippen LogP contribution in [0.1, 0.15) is 32.6 Å². The third kappa shape index (κ3) is 2.46. The van der Waals surface area contributed by atoms with Crippen molar-refractivity contribution in [3.05, 3.63) is 30.5 Å². The average molecular weight is 284 g/mol. The second-order valence-corrected chi connectivity index (χ2v) is 5.94. The molecule has 0 bridgehead atoms. The Morgan fingerprint density at radius 3 is 2.76 bits per heavy atom. The van der Waals surface area contributed by atoms with E-state index in [0.29, 0.717) is 0 Å². The minimum Gasteiger partial charge on any atom is -0.494 e. The van der Waals surface area contributed by atoms with E-state index >= 15 is 0 Å². The van der Waals surface area contributed by atoms with E-state index in [1.807, 2.05) is 24.3 Å². The summed E-state index contributed by atoms with van der Waals surface area (Å²) in [4.78, 5) is 16.9. The van der Waals surface area contributed by atoms with Gasteiger partial charge in [0.25, 0.3) is 0 Å². The molecule has 0 saturated heterocycles. The fraction of sp³-hybridized carbons (Fsp3) is 0.412. The number of carbonyl (C=O) groups is 1. The number of nitrogens with zero attached hydrogens (tertiary/aromatic N) is 1. The topological polar surface area (TPSA) is 51.2 Å². The van der Waals surface area contributed by atoms with Crippen LogP contribution < -0.4 is 10.1 Å². The van der Waals surface area contributed by atoms with Gasteiger partial charge < -0.3 is 10.1 Å². The van der Waals surface area contributed by atoms with E-state index < -0.39 is 0 Å². The molecule has 2 aromatic rings. The normalized spacial score (nSPS) is 16.9. The number of pyridine rings is 1. The lowest BCUT2D eigenvalue weighted by Gasteiger charge is -2.23. The lowest BCUT2D eigenvalue weighted by molar-refractivity contribution is -0.124. The van der Waals surface area contributed by atoms with Gasteiger partial charge in [0.15, 0.2) is 0 Å². The van der Waals surface area contributed by atoms with Crippen molar-refractivity contribution in [1.82, 2.24) is 4.98 Å². The standard InChI is InChI=1S/C17H20N2O2/c1-17(9-3-4-10-17)16(20)19-13-7-8-14(21-2)15-12(13)6-5-11-18-15/h5-8,11H,3-4,9-10H2,1-2H3,(H,19,20). The monoisotopic (exact) mass is 284 g/mol. The van der Waals surface area contributed by atoms with Gasteiger partial charge in [0.1, 0.15) is 11.3 Å². The largest absolute Gasteiger partial charge is 0.494 e. The van der Waals surface area contributed by atoms with Gasteiger partial charge >= 0.3 is 0 Å². The number of carbonyl (C=O) groups excluding carboxylic acids is 1. The van der Waals surface area contributed by atoms with E-state index in [1.54, 1.807) is 13.3 Å². The quantitative estimate of drug-likeness (QED) is 0.933. The molecule has 1 aromatic carbocycles. The van der Waals surface area contributed by atoms with Crippen molar-refractivity contribution in [2.75, 3.05) is 12.4 Å². The third-order valence-electron chi connectivity index (χ3n) is 4.46. The first-order valence-electron chi connectivity index (χ1n) is 7.37. The Labute approximate surface area is 124 Å². The summed E-state index contributed by atoms with van der Waals surface area (Å²) < 4.78 is 5.33. The number of benzene rings is 1. The van der Waals surface area contributed by atoms with Crippen LogP contribution >= 0.6 is 0 Å². The smallest absolute Gasteiger partial charge is 0.230 e. The van der Waals surface area contributed by atoms with Crippen molar-refractivity contribution in [1.29, 1.82) is 0 Å². The molecule has 0 aliphatic heterocycles. The number of rotatable bonds is 3. The van der Waals surface area contributed by atoms with Crippen LogP contribution in [0.25, 0.3) is 10.9 Å². The number of amides is 1. The summed E-state index contributed by atoms with van der Waals surface area (Å²) in [5.41, 5.74) is 1.33. The highest BCUT2D eigenvalue weighted by molar-refractivity contribution is 6.04. The summed E-state index contributed by atoms with van der Waals surface area (Å²) in [6.07, 6.45) is 5.93. The molecular formula is C17H20N2O2. The third-order valence-corrected chi connectivity index (χ3v) is 4.46. The fourth-order valence-electron chi connectivity index (χ4n) is 3.08. The van der Waals surface area contributed by atoms with E-state index in [9.17, 15) is 4.79 Å². The summed E-state index contributed by atoms with van der Waals surface area (Å²) in [5, 5.41) is 3.99. The molecule has 1 amide bonds. The van der Waals surface area contributed by atoms with Gasteiger partial charge in [0.2, 0.25) is 5.91 Å². The first-order valence-corrected chi connectivity index (χ1v) is 7.37. The SMILES string of the molecule is COc1ccc(NC(=O)C2(C)CCCC2)c2cccnc12. The van der Waals surface area contributed by atoms with Gasteiger partial charge in [0.05, 0.1) is 12.8 Å². The average Bonchev–Trinajstić information content (AvgIpc) is 2.96. The van der Waals surface area contributed by atoms with Gasteiger partial charge in [-0.1, -0.05) is 19.8 Å². The molecule has 0 atom stereocenters. The molecule has 1 heterocycles. The first-order chi connectivity index (χ1) is 10.1. The molecule has 1 aliphatic carbocycles. The zero-order chi connectivity index (χ0) is 14.9. The zero-order valence-corrected chi connectivity index (χ0v) is 12.5. The van der Waals surface area contributed by atoms with Crippen molar-refractivity contribution >= 4 is 22.5 Å². The Hall–Kier alpha value is -2.10. The van der Waals surface area contributed by atoms with Crippen molar-refractivity contribution < 1.29 is 9.53 Å². The molecule has 1 saturated carbocycles. The Balaban J connectivity index is 1.96. The summed E-state index contributed by atoms with van der Waals surface area (Å²) in [7, 11) is 1.63. The number of anilines is 1. The van der Waals surface area contributed by atoms with Crippen LogP contribution in [0.4, 0.5) is 5.69 Å². The lowest BCUT2D eigenvalue weighted by atomic mass is 9.87. The summed E-state index contributed by atoms with van der Waals surface area (Å²) >= 11 is 0. The van der Waals surface area contributed by atoms with Crippen LogP contribution in [0.5, 0.6) is 5.75 Å². The highest BCUT2D eigenvalue weighted by Crippen LogP contribution is 2.39. The number of methoxy groups -OCH3 is 1. The van der Waals surface area contributed by atoms with Gasteiger partial charge in [0, 0.05) is 17.0 Å². The second-order valence-electron chi connectivity index (χ2n) is 5.94. The van der Waals surface area contributed by atoms with Crippen LogP contribution in [-0.2, 0) is 4.79 Å². The number of fused-ring (bicyclic) bond motifs is 1. The predicted molar refractivity (Wildman–Crippen MR) is 83.5 cm³/mol. The van der Waals surface area contributed by atoms with Gasteiger partial charge in [-0.25, -0.2) is 0 Å². The number of hydrogen-bond acceptors (Lipinski definition) is 3. The highest BCUT2D eigenvalue weighted by Gasteiger charge is 2.36. The predicted octanol–water partition coefficient (Wildman–Crippen LogP) is 3.76. The Morgan fingerprint density at radius 1 is 1.29 bits per heavy atom. The molecule has 3 rings (SSSR count). The molecular weight excluding hydrogens is 264 g/mol. The number of ether oxygens (including phenoxy) is 1. The van der Waals surface area contributed by atoms with Gasteiger partial charge in [-0.2, -0.15) is 0 Å². The van der Waals surface area contributed by atoms with Crippen molar-refractivity contribution in [3.63, 3.8) is 0 Å². The molecule has 4 nitrogen and oxygen atoms in total. The van der Waals surface area contributed by atoms with Crippen LogP contribution in [0.15, 0.2) is 30.5 Å². The first kappa shape index (κ1) is 13.9. The maximum Gasteiger partial charge on any atom is 0.230 e.